The van der Waals surface area contributed by atoms with Crippen LogP contribution >= 0.6 is 23.4 Å². The molecule has 0 bridgehead atoms. The highest BCUT2D eigenvalue weighted by Gasteiger charge is 2.17. The SMILES string of the molecule is CC(NC(=O)CSc1nnc(-c2cccnc2)n1Cc1ccccc1)c1ccc(Cl)cc1. The van der Waals surface area contributed by atoms with E-state index >= 15 is 0 Å². The summed E-state index contributed by atoms with van der Waals surface area (Å²) in [5, 5.41) is 13.1. The zero-order valence-corrected chi connectivity index (χ0v) is 19.1. The summed E-state index contributed by atoms with van der Waals surface area (Å²) >= 11 is 7.31. The first-order valence-corrected chi connectivity index (χ1v) is 11.5. The number of amides is 1. The number of benzene rings is 2. The molecule has 2 aromatic heterocycles. The smallest absolute Gasteiger partial charge is 0.230 e. The van der Waals surface area contributed by atoms with Crippen LogP contribution in [0, 0.1) is 0 Å². The van der Waals surface area contributed by atoms with Crippen LogP contribution in [0.5, 0.6) is 0 Å². The van der Waals surface area contributed by atoms with Gasteiger partial charge in [0.05, 0.1) is 18.3 Å². The van der Waals surface area contributed by atoms with Crippen LogP contribution in [-0.4, -0.2) is 31.4 Å². The molecule has 2 heterocycles. The Kier molecular flexibility index (Phi) is 7.19. The molecule has 4 aromatic rings. The minimum Gasteiger partial charge on any atom is -0.349 e. The van der Waals surface area contributed by atoms with Gasteiger partial charge in [-0.25, -0.2) is 0 Å². The maximum atomic E-state index is 12.6. The third-order valence-corrected chi connectivity index (χ3v) is 6.12. The molecule has 0 aliphatic rings. The summed E-state index contributed by atoms with van der Waals surface area (Å²) in [6, 6.07) is 21.3. The van der Waals surface area contributed by atoms with Crippen molar-refractivity contribution in [1.82, 2.24) is 25.1 Å². The van der Waals surface area contributed by atoms with E-state index in [4.69, 9.17) is 11.6 Å². The molecule has 6 nitrogen and oxygen atoms in total. The van der Waals surface area contributed by atoms with E-state index in [2.05, 4.69) is 32.6 Å². The number of pyridine rings is 1. The Morgan fingerprint density at radius 2 is 1.84 bits per heavy atom. The second kappa shape index (κ2) is 10.4. The van der Waals surface area contributed by atoms with E-state index in [0.717, 1.165) is 22.5 Å². The molecule has 4 rings (SSSR count). The summed E-state index contributed by atoms with van der Waals surface area (Å²) in [5.41, 5.74) is 3.00. The van der Waals surface area contributed by atoms with Gasteiger partial charge in [0.1, 0.15) is 0 Å². The predicted molar refractivity (Wildman–Crippen MR) is 128 cm³/mol. The molecule has 0 aliphatic carbocycles. The van der Waals surface area contributed by atoms with Crippen LogP contribution in [0.25, 0.3) is 11.4 Å². The van der Waals surface area contributed by atoms with Crippen LogP contribution in [0.4, 0.5) is 0 Å². The van der Waals surface area contributed by atoms with Crippen LogP contribution in [0.15, 0.2) is 84.3 Å². The maximum absolute atomic E-state index is 12.6. The number of aromatic nitrogens is 4. The normalized spacial score (nSPS) is 11.8. The highest BCUT2D eigenvalue weighted by atomic mass is 35.5. The van der Waals surface area contributed by atoms with Crippen molar-refractivity contribution in [2.75, 3.05) is 5.75 Å². The number of halogens is 1. The highest BCUT2D eigenvalue weighted by Crippen LogP contribution is 2.25. The summed E-state index contributed by atoms with van der Waals surface area (Å²) in [5.74, 6) is 0.881. The number of hydrogen-bond acceptors (Lipinski definition) is 5. The number of carbonyl (C=O) groups is 1. The zero-order chi connectivity index (χ0) is 22.3. The van der Waals surface area contributed by atoms with E-state index in [1.54, 1.807) is 12.4 Å². The first kappa shape index (κ1) is 22.0. The average Bonchev–Trinajstić information content (AvgIpc) is 3.21. The molecule has 0 saturated heterocycles. The van der Waals surface area contributed by atoms with Crippen molar-refractivity contribution >= 4 is 29.3 Å². The predicted octanol–water partition coefficient (Wildman–Crippen LogP) is 5.01. The standard InChI is InChI=1S/C24H22ClN5OS/c1-17(19-9-11-21(25)12-10-19)27-22(31)16-32-24-29-28-23(20-8-5-13-26-14-20)30(24)15-18-6-3-2-4-7-18/h2-14,17H,15-16H2,1H3,(H,27,31). The van der Waals surface area contributed by atoms with Gasteiger partial charge in [-0.1, -0.05) is 65.8 Å². The van der Waals surface area contributed by atoms with E-state index in [1.807, 2.05) is 66.1 Å². The second-order valence-electron chi connectivity index (χ2n) is 7.25. The molecule has 8 heteroatoms. The number of thioether (sulfide) groups is 1. The highest BCUT2D eigenvalue weighted by molar-refractivity contribution is 7.99. The Morgan fingerprint density at radius 1 is 1.06 bits per heavy atom. The van der Waals surface area contributed by atoms with Crippen LogP contribution in [0.1, 0.15) is 24.1 Å². The molecule has 1 atom stereocenters. The van der Waals surface area contributed by atoms with E-state index in [1.165, 1.54) is 11.8 Å². The maximum Gasteiger partial charge on any atom is 0.230 e. The fourth-order valence-electron chi connectivity index (χ4n) is 3.26. The van der Waals surface area contributed by atoms with E-state index in [0.29, 0.717) is 16.7 Å². The van der Waals surface area contributed by atoms with Crippen LogP contribution in [0.3, 0.4) is 0 Å². The van der Waals surface area contributed by atoms with Crippen molar-refractivity contribution in [3.05, 3.63) is 95.3 Å². The number of nitrogens with one attached hydrogen (secondary N) is 1. The molecule has 0 spiro atoms. The number of rotatable bonds is 8. The largest absolute Gasteiger partial charge is 0.349 e. The fourth-order valence-corrected chi connectivity index (χ4v) is 4.14. The Morgan fingerprint density at radius 3 is 2.56 bits per heavy atom. The summed E-state index contributed by atoms with van der Waals surface area (Å²) in [6.45, 7) is 2.55. The number of nitrogens with zero attached hydrogens (tertiary/aromatic N) is 4. The zero-order valence-electron chi connectivity index (χ0n) is 17.5. The van der Waals surface area contributed by atoms with Crippen LogP contribution in [0.2, 0.25) is 5.02 Å². The lowest BCUT2D eigenvalue weighted by Gasteiger charge is -2.14. The first-order chi connectivity index (χ1) is 15.6. The molecule has 0 aliphatic heterocycles. The Balaban J connectivity index is 1.48. The number of carbonyl (C=O) groups excluding carboxylic acids is 1. The minimum absolute atomic E-state index is 0.0744. The second-order valence-corrected chi connectivity index (χ2v) is 8.63. The van der Waals surface area contributed by atoms with Gasteiger partial charge in [-0.2, -0.15) is 0 Å². The molecular weight excluding hydrogens is 442 g/mol. The van der Waals surface area contributed by atoms with Gasteiger partial charge in [0.25, 0.3) is 0 Å². The molecule has 162 valence electrons. The summed E-state index contributed by atoms with van der Waals surface area (Å²) < 4.78 is 2.02. The molecule has 1 amide bonds. The summed E-state index contributed by atoms with van der Waals surface area (Å²) in [6.07, 6.45) is 3.49. The van der Waals surface area contributed by atoms with Gasteiger partial charge in [-0.05, 0) is 42.3 Å². The van der Waals surface area contributed by atoms with Crippen molar-refractivity contribution in [2.45, 2.75) is 24.7 Å². The van der Waals surface area contributed by atoms with Gasteiger partial charge in [-0.15, -0.1) is 10.2 Å². The Bertz CT molecular complexity index is 1170. The molecule has 1 N–H and O–H groups in total. The van der Waals surface area contributed by atoms with E-state index in [9.17, 15) is 4.79 Å². The average molecular weight is 464 g/mol. The molecule has 0 fully saturated rings. The number of hydrogen-bond donors (Lipinski definition) is 1. The molecule has 32 heavy (non-hydrogen) atoms. The van der Waals surface area contributed by atoms with Gasteiger partial charge in [0, 0.05) is 23.0 Å². The van der Waals surface area contributed by atoms with Gasteiger partial charge in [0.2, 0.25) is 5.91 Å². The molecule has 1 unspecified atom stereocenters. The van der Waals surface area contributed by atoms with Crippen molar-refractivity contribution in [2.24, 2.45) is 0 Å². The lowest BCUT2D eigenvalue weighted by molar-refractivity contribution is -0.119. The topological polar surface area (TPSA) is 72.7 Å². The Hall–Kier alpha value is -3.16. The fraction of sp³-hybridized carbons (Fsp3) is 0.167. The molecule has 0 saturated carbocycles. The third kappa shape index (κ3) is 5.55. The van der Waals surface area contributed by atoms with E-state index < -0.39 is 0 Å². The van der Waals surface area contributed by atoms with Crippen molar-refractivity contribution in [3.63, 3.8) is 0 Å². The van der Waals surface area contributed by atoms with Crippen LogP contribution in [-0.2, 0) is 11.3 Å². The van der Waals surface area contributed by atoms with Gasteiger partial charge >= 0.3 is 0 Å². The lowest BCUT2D eigenvalue weighted by Crippen LogP contribution is -2.28. The van der Waals surface area contributed by atoms with Crippen molar-refractivity contribution in [3.8, 4) is 11.4 Å². The van der Waals surface area contributed by atoms with Gasteiger partial charge in [-0.3, -0.25) is 14.3 Å². The summed E-state index contributed by atoms with van der Waals surface area (Å²) in [7, 11) is 0. The Labute approximate surface area is 196 Å². The third-order valence-electron chi connectivity index (χ3n) is 4.90. The minimum atomic E-state index is -0.117. The molecule has 2 aromatic carbocycles. The van der Waals surface area contributed by atoms with Crippen molar-refractivity contribution in [1.29, 1.82) is 0 Å². The first-order valence-electron chi connectivity index (χ1n) is 10.2. The quantitative estimate of drug-likeness (QED) is 0.372. The molecular formula is C24H22ClN5OS. The molecule has 0 radical (unpaired) electrons. The monoisotopic (exact) mass is 463 g/mol. The lowest BCUT2D eigenvalue weighted by atomic mass is 10.1. The van der Waals surface area contributed by atoms with E-state index in [-0.39, 0.29) is 17.7 Å². The van der Waals surface area contributed by atoms with Gasteiger partial charge in [0.15, 0.2) is 11.0 Å². The summed E-state index contributed by atoms with van der Waals surface area (Å²) in [4.78, 5) is 16.8. The van der Waals surface area contributed by atoms with Gasteiger partial charge < -0.3 is 5.32 Å². The van der Waals surface area contributed by atoms with Crippen LogP contribution < -0.4 is 5.32 Å². The van der Waals surface area contributed by atoms with Crippen molar-refractivity contribution < 1.29 is 4.79 Å².